The van der Waals surface area contributed by atoms with Crippen molar-refractivity contribution in [3.05, 3.63) is 70.6 Å². The summed E-state index contributed by atoms with van der Waals surface area (Å²) >= 11 is 5.80. The zero-order valence-corrected chi connectivity index (χ0v) is 15.7. The molecule has 2 unspecified atom stereocenters. The molecule has 1 aromatic heterocycles. The number of likely N-dealkylation sites (tertiary alicyclic amines) is 1. The van der Waals surface area contributed by atoms with Crippen LogP contribution >= 0.6 is 11.6 Å². The Morgan fingerprint density at radius 3 is 2.68 bits per heavy atom. The summed E-state index contributed by atoms with van der Waals surface area (Å²) in [5.74, 6) is -0.493. The molecule has 0 bridgehead atoms. The van der Waals surface area contributed by atoms with Crippen LogP contribution in [0.2, 0.25) is 5.02 Å². The van der Waals surface area contributed by atoms with Gasteiger partial charge in [-0.15, -0.1) is 0 Å². The van der Waals surface area contributed by atoms with Gasteiger partial charge in [-0.1, -0.05) is 28.9 Å². The third kappa shape index (κ3) is 3.49. The molecule has 1 aliphatic heterocycles. The Morgan fingerprint density at radius 2 is 1.96 bits per heavy atom. The van der Waals surface area contributed by atoms with Gasteiger partial charge in [-0.25, -0.2) is 8.78 Å². The number of halogens is 3. The summed E-state index contributed by atoms with van der Waals surface area (Å²) < 4.78 is 31.8. The van der Waals surface area contributed by atoms with Gasteiger partial charge in [0.25, 0.3) is 0 Å². The lowest BCUT2D eigenvalue weighted by atomic mass is 10.1. The first-order valence-electron chi connectivity index (χ1n) is 8.76. The number of aromatic nitrogens is 2. The molecule has 1 saturated heterocycles. The molecule has 144 valence electrons. The van der Waals surface area contributed by atoms with Crippen molar-refractivity contribution in [3.63, 3.8) is 0 Å². The highest BCUT2D eigenvalue weighted by Crippen LogP contribution is 2.34. The Kier molecular flexibility index (Phi) is 4.85. The van der Waals surface area contributed by atoms with Gasteiger partial charge in [0.1, 0.15) is 11.6 Å². The first-order valence-corrected chi connectivity index (χ1v) is 9.14. The highest BCUT2D eigenvalue weighted by atomic mass is 35.5. The molecule has 1 aliphatic rings. The standard InChI is InChI=1S/C20H16ClF2N3O2/c1-11(12-2-5-15(22)6-3-12)26-10-14(9-18(26)27)20-24-19(25-28-20)13-4-7-17(23)16(21)8-13/h2-8,11,14H,9-10H2,1H3. The number of amides is 1. The molecule has 2 atom stereocenters. The van der Waals surface area contributed by atoms with Crippen LogP contribution in [0.15, 0.2) is 47.0 Å². The van der Waals surface area contributed by atoms with E-state index in [2.05, 4.69) is 10.1 Å². The molecule has 8 heteroatoms. The topological polar surface area (TPSA) is 59.2 Å². The van der Waals surface area contributed by atoms with Crippen molar-refractivity contribution in [3.8, 4) is 11.4 Å². The van der Waals surface area contributed by atoms with Crippen LogP contribution in [0.5, 0.6) is 0 Å². The van der Waals surface area contributed by atoms with Crippen molar-refractivity contribution in [2.24, 2.45) is 0 Å². The smallest absolute Gasteiger partial charge is 0.232 e. The van der Waals surface area contributed by atoms with E-state index in [-0.39, 0.29) is 41.0 Å². The second kappa shape index (κ2) is 7.31. The van der Waals surface area contributed by atoms with E-state index in [9.17, 15) is 13.6 Å². The minimum atomic E-state index is -0.527. The summed E-state index contributed by atoms with van der Waals surface area (Å²) in [6, 6.07) is 10.1. The van der Waals surface area contributed by atoms with Gasteiger partial charge in [0.05, 0.1) is 17.0 Å². The van der Waals surface area contributed by atoms with Crippen molar-refractivity contribution in [1.82, 2.24) is 15.0 Å². The lowest BCUT2D eigenvalue weighted by Gasteiger charge is -2.25. The fourth-order valence-electron chi connectivity index (χ4n) is 3.35. The van der Waals surface area contributed by atoms with E-state index in [1.54, 1.807) is 17.0 Å². The van der Waals surface area contributed by atoms with Crippen LogP contribution in [-0.2, 0) is 4.79 Å². The number of rotatable bonds is 4. The predicted molar refractivity (Wildman–Crippen MR) is 98.6 cm³/mol. The molecule has 0 aliphatic carbocycles. The van der Waals surface area contributed by atoms with Crippen LogP contribution in [0.3, 0.4) is 0 Å². The Morgan fingerprint density at radius 1 is 1.21 bits per heavy atom. The van der Waals surface area contributed by atoms with Crippen LogP contribution in [0, 0.1) is 11.6 Å². The summed E-state index contributed by atoms with van der Waals surface area (Å²) in [6.07, 6.45) is 0.247. The molecule has 1 amide bonds. The molecule has 0 N–H and O–H groups in total. The van der Waals surface area contributed by atoms with E-state index in [4.69, 9.17) is 16.1 Å². The Bertz CT molecular complexity index is 1020. The molecule has 0 spiro atoms. The van der Waals surface area contributed by atoms with E-state index in [0.717, 1.165) is 5.56 Å². The van der Waals surface area contributed by atoms with Gasteiger partial charge in [0.15, 0.2) is 0 Å². The maximum absolute atomic E-state index is 13.3. The van der Waals surface area contributed by atoms with Gasteiger partial charge in [-0.05, 0) is 42.8 Å². The fourth-order valence-corrected chi connectivity index (χ4v) is 3.53. The van der Waals surface area contributed by atoms with Crippen molar-refractivity contribution in [2.75, 3.05) is 6.54 Å². The molecule has 0 radical (unpaired) electrons. The van der Waals surface area contributed by atoms with Gasteiger partial charge >= 0.3 is 0 Å². The Hall–Kier alpha value is -2.80. The molecule has 2 heterocycles. The van der Waals surface area contributed by atoms with Crippen molar-refractivity contribution >= 4 is 17.5 Å². The molecule has 5 nitrogen and oxygen atoms in total. The van der Waals surface area contributed by atoms with Crippen LogP contribution < -0.4 is 0 Å². The molecule has 2 aromatic carbocycles. The normalized spacial score (nSPS) is 17.9. The number of benzene rings is 2. The maximum Gasteiger partial charge on any atom is 0.232 e. The van der Waals surface area contributed by atoms with Gasteiger partial charge in [-0.3, -0.25) is 4.79 Å². The third-order valence-corrected chi connectivity index (χ3v) is 5.24. The molecule has 28 heavy (non-hydrogen) atoms. The largest absolute Gasteiger partial charge is 0.339 e. The minimum Gasteiger partial charge on any atom is -0.339 e. The van der Waals surface area contributed by atoms with Gasteiger partial charge in [-0.2, -0.15) is 4.98 Å². The quantitative estimate of drug-likeness (QED) is 0.631. The monoisotopic (exact) mass is 403 g/mol. The number of nitrogens with zero attached hydrogens (tertiary/aromatic N) is 3. The second-order valence-electron chi connectivity index (χ2n) is 6.76. The molecule has 1 fully saturated rings. The van der Waals surface area contributed by atoms with Crippen LogP contribution in [0.25, 0.3) is 11.4 Å². The number of hydrogen-bond donors (Lipinski definition) is 0. The third-order valence-electron chi connectivity index (χ3n) is 4.95. The van der Waals surface area contributed by atoms with E-state index in [1.807, 2.05) is 6.92 Å². The molecule has 3 aromatic rings. The zero-order valence-electron chi connectivity index (χ0n) is 14.9. The minimum absolute atomic E-state index is 0.0285. The van der Waals surface area contributed by atoms with Crippen LogP contribution in [0.1, 0.15) is 36.8 Å². The van der Waals surface area contributed by atoms with Crippen LogP contribution in [0.4, 0.5) is 8.78 Å². The highest BCUT2D eigenvalue weighted by molar-refractivity contribution is 6.31. The average molecular weight is 404 g/mol. The van der Waals surface area contributed by atoms with E-state index in [1.165, 1.54) is 30.3 Å². The first kappa shape index (κ1) is 18.6. The maximum atomic E-state index is 13.3. The molecular weight excluding hydrogens is 388 g/mol. The molecule has 4 rings (SSSR count). The summed E-state index contributed by atoms with van der Waals surface area (Å²) in [5.41, 5.74) is 1.38. The predicted octanol–water partition coefficient (Wildman–Crippen LogP) is 4.75. The van der Waals surface area contributed by atoms with Gasteiger partial charge in [0, 0.05) is 18.5 Å². The lowest BCUT2D eigenvalue weighted by Crippen LogP contribution is -2.28. The van der Waals surface area contributed by atoms with Gasteiger partial charge < -0.3 is 9.42 Å². The van der Waals surface area contributed by atoms with E-state index >= 15 is 0 Å². The highest BCUT2D eigenvalue weighted by Gasteiger charge is 2.37. The summed E-state index contributed by atoms with van der Waals surface area (Å²) in [7, 11) is 0. The summed E-state index contributed by atoms with van der Waals surface area (Å²) in [5, 5.41) is 3.90. The first-order chi connectivity index (χ1) is 13.4. The average Bonchev–Trinajstić information content (AvgIpc) is 3.31. The van der Waals surface area contributed by atoms with Crippen molar-refractivity contribution in [2.45, 2.75) is 25.3 Å². The molecular formula is C20H16ClF2N3O2. The summed E-state index contributed by atoms with van der Waals surface area (Å²) in [6.45, 7) is 2.32. The number of carbonyl (C=O) groups excluding carboxylic acids is 1. The number of hydrogen-bond acceptors (Lipinski definition) is 4. The van der Waals surface area contributed by atoms with Crippen molar-refractivity contribution in [1.29, 1.82) is 0 Å². The second-order valence-corrected chi connectivity index (χ2v) is 7.17. The fraction of sp³-hybridized carbons (Fsp3) is 0.250. The SMILES string of the molecule is CC(c1ccc(F)cc1)N1CC(c2nc(-c3ccc(F)c(Cl)c3)no2)CC1=O. The number of carbonyl (C=O) groups is 1. The Balaban J connectivity index is 1.52. The van der Waals surface area contributed by atoms with E-state index in [0.29, 0.717) is 18.0 Å². The van der Waals surface area contributed by atoms with E-state index < -0.39 is 5.82 Å². The van der Waals surface area contributed by atoms with Gasteiger partial charge in [0.2, 0.25) is 17.6 Å². The lowest BCUT2D eigenvalue weighted by molar-refractivity contribution is -0.129. The molecule has 0 saturated carbocycles. The zero-order chi connectivity index (χ0) is 19.8. The summed E-state index contributed by atoms with van der Waals surface area (Å²) in [4.78, 5) is 18.6. The van der Waals surface area contributed by atoms with Crippen molar-refractivity contribution < 1.29 is 18.1 Å². The van der Waals surface area contributed by atoms with Crippen LogP contribution in [-0.4, -0.2) is 27.5 Å². The Labute approximate surface area is 164 Å².